The van der Waals surface area contributed by atoms with Crippen LogP contribution in [0.5, 0.6) is 0 Å². The Morgan fingerprint density at radius 3 is 2.00 bits per heavy atom. The monoisotopic (exact) mass is 366 g/mol. The molecule has 0 saturated heterocycles. The van der Waals surface area contributed by atoms with Crippen LogP contribution in [0.1, 0.15) is 6.92 Å². The number of hydrazine groups is 1. The van der Waals surface area contributed by atoms with E-state index in [9.17, 15) is 4.79 Å². The Labute approximate surface area is 154 Å². The topological polar surface area (TPSA) is 103 Å². The molecule has 27 heavy (non-hydrogen) atoms. The second kappa shape index (κ2) is 7.38. The second-order valence-electron chi connectivity index (χ2n) is 5.81. The smallest absolute Gasteiger partial charge is 0.421 e. The number of nitrogens with one attached hydrogen (secondary N) is 1. The molecule has 1 amide bonds. The van der Waals surface area contributed by atoms with Crippen LogP contribution in [0.2, 0.25) is 0 Å². The summed E-state index contributed by atoms with van der Waals surface area (Å²) >= 11 is 0. The molecule has 0 radical (unpaired) electrons. The summed E-state index contributed by atoms with van der Waals surface area (Å²) in [6, 6.07) is 15.2. The van der Waals surface area contributed by atoms with E-state index in [-0.39, 0.29) is 19.9 Å². The third-order valence-electron chi connectivity index (χ3n) is 3.97. The van der Waals surface area contributed by atoms with Crippen molar-refractivity contribution >= 4 is 28.2 Å². The Bertz CT molecular complexity index is 997. The number of benzene rings is 2. The molecule has 2 aromatic carbocycles. The van der Waals surface area contributed by atoms with Crippen LogP contribution >= 0.6 is 0 Å². The lowest BCUT2D eigenvalue weighted by Gasteiger charge is -2.22. The molecule has 0 aliphatic rings. The van der Waals surface area contributed by atoms with Gasteiger partial charge in [0.05, 0.1) is 17.6 Å². The minimum absolute atomic E-state index is 0.257. The van der Waals surface area contributed by atoms with Crippen LogP contribution in [-0.4, -0.2) is 47.7 Å². The van der Waals surface area contributed by atoms with Crippen molar-refractivity contribution in [2.75, 3.05) is 6.61 Å². The van der Waals surface area contributed by atoms with Crippen LogP contribution < -0.4 is 5.43 Å². The predicted octanol–water partition coefficient (Wildman–Crippen LogP) is 1.75. The molecule has 10 heteroatoms. The van der Waals surface area contributed by atoms with Gasteiger partial charge in [-0.15, -0.1) is 10.2 Å². The van der Waals surface area contributed by atoms with Gasteiger partial charge in [-0.2, -0.15) is 5.01 Å². The molecule has 138 valence electrons. The van der Waals surface area contributed by atoms with E-state index in [0.717, 1.165) is 22.1 Å². The number of ether oxygens (including phenoxy) is 1. The maximum atomic E-state index is 12.0. The van der Waals surface area contributed by atoms with E-state index in [1.54, 1.807) is 21.3 Å². The fourth-order valence-corrected chi connectivity index (χ4v) is 2.77. The van der Waals surface area contributed by atoms with Gasteiger partial charge >= 0.3 is 6.09 Å². The number of hydrogen-bond donors (Lipinski definition) is 1. The molecule has 4 rings (SSSR count). The minimum Gasteiger partial charge on any atom is -0.449 e. The van der Waals surface area contributed by atoms with E-state index in [1.807, 2.05) is 48.5 Å². The highest BCUT2D eigenvalue weighted by Gasteiger charge is 2.15. The van der Waals surface area contributed by atoms with Crippen molar-refractivity contribution in [2.24, 2.45) is 0 Å². The average Bonchev–Trinajstić information content (AvgIpc) is 3.27. The van der Waals surface area contributed by atoms with Crippen molar-refractivity contribution < 1.29 is 9.53 Å². The van der Waals surface area contributed by atoms with Crippen molar-refractivity contribution in [2.45, 2.75) is 20.3 Å². The molecule has 0 bridgehead atoms. The molecule has 4 aromatic rings. The van der Waals surface area contributed by atoms with Gasteiger partial charge in [-0.3, -0.25) is 5.43 Å². The lowest BCUT2D eigenvalue weighted by molar-refractivity contribution is 0.0668. The first-order chi connectivity index (χ1) is 13.2. The third kappa shape index (κ3) is 3.55. The summed E-state index contributed by atoms with van der Waals surface area (Å²) in [4.78, 5) is 12.0. The van der Waals surface area contributed by atoms with Crippen molar-refractivity contribution in [1.29, 1.82) is 0 Å². The third-order valence-corrected chi connectivity index (χ3v) is 3.97. The van der Waals surface area contributed by atoms with Gasteiger partial charge in [0.15, 0.2) is 0 Å². The number of hydrogen-bond acceptors (Lipinski definition) is 7. The molecule has 2 heterocycles. The molecule has 0 aliphatic heterocycles. The maximum absolute atomic E-state index is 12.0. The number of fused-ring (bicyclic) bond motifs is 2. The summed E-state index contributed by atoms with van der Waals surface area (Å²) in [5.74, 6) is 0. The molecular weight excluding hydrogens is 348 g/mol. The Hall–Kier alpha value is -3.53. The van der Waals surface area contributed by atoms with E-state index in [4.69, 9.17) is 4.74 Å². The number of carbonyl (C=O) groups excluding carboxylic acids is 1. The van der Waals surface area contributed by atoms with Crippen LogP contribution in [0.3, 0.4) is 0 Å². The van der Waals surface area contributed by atoms with Crippen LogP contribution in [0.4, 0.5) is 4.79 Å². The highest BCUT2D eigenvalue weighted by atomic mass is 16.6. The molecule has 10 nitrogen and oxygen atoms in total. The normalized spacial score (nSPS) is 11.3. The standard InChI is InChI=1S/C17H18N8O2/c1-2-27-17(26)20-23(11-24-15-9-5-3-7-13(15)18-21-24)12-25-16-10-6-4-8-14(16)19-22-25/h3-10H,2,11-12H2,1H3,(H,20,26). The molecule has 0 fully saturated rings. The molecule has 0 unspecified atom stereocenters. The fourth-order valence-electron chi connectivity index (χ4n) is 2.77. The summed E-state index contributed by atoms with van der Waals surface area (Å²) in [6.07, 6.45) is -0.550. The number of rotatable bonds is 6. The number of para-hydroxylation sites is 2. The van der Waals surface area contributed by atoms with Gasteiger partial charge in [0, 0.05) is 0 Å². The predicted molar refractivity (Wildman–Crippen MR) is 97.1 cm³/mol. The highest BCUT2D eigenvalue weighted by molar-refractivity contribution is 5.74. The molecule has 2 aromatic heterocycles. The summed E-state index contributed by atoms with van der Waals surface area (Å²) in [6.45, 7) is 2.54. The minimum atomic E-state index is -0.550. The van der Waals surface area contributed by atoms with Crippen LogP contribution in [0.25, 0.3) is 22.1 Å². The number of carbonyl (C=O) groups is 1. The average molecular weight is 366 g/mol. The molecule has 0 atom stereocenters. The Balaban J connectivity index is 1.61. The van der Waals surface area contributed by atoms with Gasteiger partial charge in [0.2, 0.25) is 0 Å². The Morgan fingerprint density at radius 1 is 0.963 bits per heavy atom. The first-order valence-electron chi connectivity index (χ1n) is 8.49. The highest BCUT2D eigenvalue weighted by Crippen LogP contribution is 2.12. The number of amides is 1. The van der Waals surface area contributed by atoms with E-state index in [1.165, 1.54) is 0 Å². The van der Waals surface area contributed by atoms with Gasteiger partial charge in [-0.25, -0.2) is 14.2 Å². The number of nitrogens with zero attached hydrogens (tertiary/aromatic N) is 7. The summed E-state index contributed by atoms with van der Waals surface area (Å²) < 4.78 is 8.39. The van der Waals surface area contributed by atoms with Crippen LogP contribution in [-0.2, 0) is 18.1 Å². The van der Waals surface area contributed by atoms with E-state index < -0.39 is 6.09 Å². The maximum Gasteiger partial charge on any atom is 0.421 e. The first-order valence-corrected chi connectivity index (χ1v) is 8.49. The van der Waals surface area contributed by atoms with Crippen molar-refractivity contribution in [3.05, 3.63) is 48.5 Å². The van der Waals surface area contributed by atoms with Crippen molar-refractivity contribution in [1.82, 2.24) is 40.4 Å². The Kier molecular flexibility index (Phi) is 4.62. The van der Waals surface area contributed by atoms with Gasteiger partial charge in [0.1, 0.15) is 24.4 Å². The van der Waals surface area contributed by atoms with Crippen molar-refractivity contribution in [3.63, 3.8) is 0 Å². The zero-order valence-electron chi connectivity index (χ0n) is 14.7. The summed E-state index contributed by atoms with van der Waals surface area (Å²) in [7, 11) is 0. The number of aromatic nitrogens is 6. The van der Waals surface area contributed by atoms with E-state index >= 15 is 0 Å². The van der Waals surface area contributed by atoms with Gasteiger partial charge in [-0.05, 0) is 31.2 Å². The molecule has 0 aliphatic carbocycles. The lowest BCUT2D eigenvalue weighted by Crippen LogP contribution is -2.44. The molecule has 0 saturated carbocycles. The lowest BCUT2D eigenvalue weighted by atomic mass is 10.3. The summed E-state index contributed by atoms with van der Waals surface area (Å²) in [5, 5.41) is 18.3. The largest absolute Gasteiger partial charge is 0.449 e. The SMILES string of the molecule is CCOC(=O)NN(Cn1nnc2ccccc21)Cn1nnc2ccccc21. The van der Waals surface area contributed by atoms with Crippen molar-refractivity contribution in [3.8, 4) is 0 Å². The summed E-state index contributed by atoms with van der Waals surface area (Å²) in [5.41, 5.74) is 5.99. The quantitative estimate of drug-likeness (QED) is 0.519. The zero-order valence-corrected chi connectivity index (χ0v) is 14.7. The van der Waals surface area contributed by atoms with Crippen LogP contribution in [0.15, 0.2) is 48.5 Å². The van der Waals surface area contributed by atoms with E-state index in [0.29, 0.717) is 0 Å². The van der Waals surface area contributed by atoms with Crippen LogP contribution in [0, 0.1) is 0 Å². The van der Waals surface area contributed by atoms with Gasteiger partial charge in [-0.1, -0.05) is 34.7 Å². The van der Waals surface area contributed by atoms with Gasteiger partial charge in [0.25, 0.3) is 0 Å². The fraction of sp³-hybridized carbons (Fsp3) is 0.235. The molecule has 0 spiro atoms. The molecule has 1 N–H and O–H groups in total. The molecular formula is C17H18N8O2. The van der Waals surface area contributed by atoms with E-state index in [2.05, 4.69) is 26.0 Å². The second-order valence-corrected chi connectivity index (χ2v) is 5.81. The zero-order chi connectivity index (χ0) is 18.6. The first kappa shape index (κ1) is 16.9. The Morgan fingerprint density at radius 2 is 1.48 bits per heavy atom. The van der Waals surface area contributed by atoms with Gasteiger partial charge < -0.3 is 4.74 Å².